The first-order valence-corrected chi connectivity index (χ1v) is 11.2. The van der Waals surface area contributed by atoms with Gasteiger partial charge in [0, 0.05) is 38.9 Å². The number of pyridine rings is 1. The van der Waals surface area contributed by atoms with Crippen LogP contribution in [0.2, 0.25) is 0 Å². The summed E-state index contributed by atoms with van der Waals surface area (Å²) in [5.74, 6) is 1.70. The summed E-state index contributed by atoms with van der Waals surface area (Å²) in [6.07, 6.45) is 10.0. The number of ether oxygens (including phenoxy) is 1. The van der Waals surface area contributed by atoms with Crippen LogP contribution in [0.1, 0.15) is 37.7 Å². The van der Waals surface area contributed by atoms with Crippen LogP contribution in [-0.4, -0.2) is 53.6 Å². The molecule has 6 heteroatoms. The average Bonchev–Trinajstić information content (AvgIpc) is 2.80. The zero-order valence-corrected chi connectivity index (χ0v) is 17.6. The molecule has 1 saturated carbocycles. The van der Waals surface area contributed by atoms with E-state index in [1.165, 1.54) is 37.7 Å². The van der Waals surface area contributed by atoms with Gasteiger partial charge in [-0.25, -0.2) is 4.79 Å². The summed E-state index contributed by atoms with van der Waals surface area (Å²) in [5.41, 5.74) is 2.00. The highest BCUT2D eigenvalue weighted by Gasteiger charge is 2.21. The SMILES string of the molecule is O=C(Nc1cccnc1)N1CCN(Cc2cccc(OCC3CCCCC3)c2)CC1. The number of aromatic nitrogens is 1. The molecule has 0 unspecified atom stereocenters. The highest BCUT2D eigenvalue weighted by molar-refractivity contribution is 5.89. The third kappa shape index (κ3) is 5.95. The Bertz CT molecular complexity index is 800. The van der Waals surface area contributed by atoms with Crippen LogP contribution in [0, 0.1) is 5.92 Å². The first-order chi connectivity index (χ1) is 14.8. The number of carbonyl (C=O) groups is 1. The van der Waals surface area contributed by atoms with Gasteiger partial charge in [-0.05, 0) is 48.6 Å². The minimum Gasteiger partial charge on any atom is -0.493 e. The van der Waals surface area contributed by atoms with Crippen molar-refractivity contribution in [3.05, 3.63) is 54.4 Å². The molecule has 0 spiro atoms. The quantitative estimate of drug-likeness (QED) is 0.770. The van der Waals surface area contributed by atoms with Crippen molar-refractivity contribution in [2.75, 3.05) is 38.1 Å². The van der Waals surface area contributed by atoms with Crippen molar-refractivity contribution in [3.8, 4) is 5.75 Å². The highest BCUT2D eigenvalue weighted by atomic mass is 16.5. The lowest BCUT2D eigenvalue weighted by Crippen LogP contribution is -2.49. The third-order valence-corrected chi connectivity index (χ3v) is 6.09. The predicted octanol–water partition coefficient (Wildman–Crippen LogP) is 4.39. The van der Waals surface area contributed by atoms with Crippen molar-refractivity contribution in [2.24, 2.45) is 5.92 Å². The normalized spacial score (nSPS) is 18.2. The van der Waals surface area contributed by atoms with Gasteiger partial charge in [0.25, 0.3) is 0 Å². The second-order valence-corrected chi connectivity index (χ2v) is 8.40. The van der Waals surface area contributed by atoms with E-state index in [1.54, 1.807) is 12.4 Å². The van der Waals surface area contributed by atoms with E-state index in [9.17, 15) is 4.79 Å². The average molecular weight is 409 g/mol. The van der Waals surface area contributed by atoms with E-state index in [0.717, 1.165) is 50.8 Å². The van der Waals surface area contributed by atoms with Crippen LogP contribution < -0.4 is 10.1 Å². The van der Waals surface area contributed by atoms with Crippen molar-refractivity contribution >= 4 is 11.7 Å². The van der Waals surface area contributed by atoms with Crippen molar-refractivity contribution < 1.29 is 9.53 Å². The number of nitrogens with zero attached hydrogens (tertiary/aromatic N) is 3. The van der Waals surface area contributed by atoms with Crippen LogP contribution in [0.25, 0.3) is 0 Å². The van der Waals surface area contributed by atoms with Gasteiger partial charge >= 0.3 is 6.03 Å². The van der Waals surface area contributed by atoms with Gasteiger partial charge in [-0.3, -0.25) is 9.88 Å². The molecular formula is C24H32N4O2. The summed E-state index contributed by atoms with van der Waals surface area (Å²) in [6, 6.07) is 12.1. The number of nitrogens with one attached hydrogen (secondary N) is 1. The fraction of sp³-hybridized carbons (Fsp3) is 0.500. The van der Waals surface area contributed by atoms with Crippen LogP contribution in [0.3, 0.4) is 0 Å². The summed E-state index contributed by atoms with van der Waals surface area (Å²) in [6.45, 7) is 4.92. The van der Waals surface area contributed by atoms with Crippen LogP contribution >= 0.6 is 0 Å². The summed E-state index contributed by atoms with van der Waals surface area (Å²) >= 11 is 0. The maximum atomic E-state index is 12.4. The number of hydrogen-bond acceptors (Lipinski definition) is 4. The third-order valence-electron chi connectivity index (χ3n) is 6.09. The number of hydrogen-bond donors (Lipinski definition) is 1. The molecule has 1 aliphatic carbocycles. The Balaban J connectivity index is 1.22. The second kappa shape index (κ2) is 10.4. The topological polar surface area (TPSA) is 57.7 Å². The lowest BCUT2D eigenvalue weighted by Gasteiger charge is -2.34. The summed E-state index contributed by atoms with van der Waals surface area (Å²) < 4.78 is 6.10. The molecule has 4 rings (SSSR count). The number of anilines is 1. The molecule has 6 nitrogen and oxygen atoms in total. The molecule has 2 heterocycles. The summed E-state index contributed by atoms with van der Waals surface area (Å²) in [4.78, 5) is 20.7. The maximum Gasteiger partial charge on any atom is 0.321 e. The molecule has 2 aromatic rings. The zero-order chi connectivity index (χ0) is 20.6. The summed E-state index contributed by atoms with van der Waals surface area (Å²) in [5, 5.41) is 2.91. The molecule has 30 heavy (non-hydrogen) atoms. The minimum atomic E-state index is -0.0549. The van der Waals surface area contributed by atoms with Crippen LogP contribution in [0.4, 0.5) is 10.5 Å². The van der Waals surface area contributed by atoms with E-state index in [4.69, 9.17) is 4.74 Å². The molecule has 1 aliphatic heterocycles. The predicted molar refractivity (Wildman–Crippen MR) is 119 cm³/mol. The van der Waals surface area contributed by atoms with E-state index >= 15 is 0 Å². The molecule has 1 N–H and O–H groups in total. The Morgan fingerprint density at radius 3 is 2.67 bits per heavy atom. The molecule has 0 atom stereocenters. The molecule has 1 aromatic heterocycles. The molecule has 160 valence electrons. The standard InChI is InChI=1S/C24H32N4O2/c29-24(26-22-9-5-11-25-17-22)28-14-12-27(13-15-28)18-21-8-4-10-23(16-21)30-19-20-6-2-1-3-7-20/h4-5,8-11,16-17,20H,1-3,6-7,12-15,18-19H2,(H,26,29). The van der Waals surface area contributed by atoms with Gasteiger partial charge in [0.1, 0.15) is 5.75 Å². The van der Waals surface area contributed by atoms with E-state index in [2.05, 4.69) is 39.5 Å². The molecule has 2 amide bonds. The van der Waals surface area contributed by atoms with Crippen LogP contribution in [-0.2, 0) is 6.54 Å². The Hall–Kier alpha value is -2.60. The molecule has 1 aromatic carbocycles. The largest absolute Gasteiger partial charge is 0.493 e. The van der Waals surface area contributed by atoms with Crippen LogP contribution in [0.5, 0.6) is 5.75 Å². The Morgan fingerprint density at radius 1 is 1.07 bits per heavy atom. The molecule has 2 fully saturated rings. The van der Waals surface area contributed by atoms with Crippen molar-refractivity contribution in [1.82, 2.24) is 14.8 Å². The second-order valence-electron chi connectivity index (χ2n) is 8.40. The number of benzene rings is 1. The van der Waals surface area contributed by atoms with E-state index in [-0.39, 0.29) is 6.03 Å². The van der Waals surface area contributed by atoms with Gasteiger partial charge in [0.2, 0.25) is 0 Å². The maximum absolute atomic E-state index is 12.4. The number of amides is 2. The van der Waals surface area contributed by atoms with Crippen molar-refractivity contribution in [2.45, 2.75) is 38.6 Å². The molecule has 0 radical (unpaired) electrons. The Kier molecular flexibility index (Phi) is 7.19. The zero-order valence-electron chi connectivity index (χ0n) is 17.6. The van der Waals surface area contributed by atoms with Gasteiger partial charge in [-0.2, -0.15) is 0 Å². The lowest BCUT2D eigenvalue weighted by molar-refractivity contribution is 0.143. The number of rotatable bonds is 6. The van der Waals surface area contributed by atoms with E-state index in [1.807, 2.05) is 17.0 Å². The molecule has 2 aliphatic rings. The fourth-order valence-electron chi connectivity index (χ4n) is 4.31. The number of urea groups is 1. The monoisotopic (exact) mass is 408 g/mol. The van der Waals surface area contributed by atoms with E-state index in [0.29, 0.717) is 5.92 Å². The van der Waals surface area contributed by atoms with Gasteiger partial charge in [-0.15, -0.1) is 0 Å². The first-order valence-electron chi connectivity index (χ1n) is 11.2. The number of carbonyl (C=O) groups excluding carboxylic acids is 1. The van der Waals surface area contributed by atoms with Gasteiger partial charge in [0.05, 0.1) is 18.5 Å². The lowest BCUT2D eigenvalue weighted by atomic mass is 9.90. The Labute approximate surface area is 179 Å². The fourth-order valence-corrected chi connectivity index (χ4v) is 4.31. The highest BCUT2D eigenvalue weighted by Crippen LogP contribution is 2.25. The van der Waals surface area contributed by atoms with E-state index < -0.39 is 0 Å². The van der Waals surface area contributed by atoms with Gasteiger partial charge < -0.3 is 15.0 Å². The molecular weight excluding hydrogens is 376 g/mol. The smallest absolute Gasteiger partial charge is 0.321 e. The summed E-state index contributed by atoms with van der Waals surface area (Å²) in [7, 11) is 0. The van der Waals surface area contributed by atoms with Crippen LogP contribution in [0.15, 0.2) is 48.8 Å². The molecule has 1 saturated heterocycles. The Morgan fingerprint density at radius 2 is 1.90 bits per heavy atom. The first kappa shape index (κ1) is 20.7. The van der Waals surface area contributed by atoms with Crippen molar-refractivity contribution in [3.63, 3.8) is 0 Å². The molecule has 0 bridgehead atoms. The van der Waals surface area contributed by atoms with Crippen molar-refractivity contribution in [1.29, 1.82) is 0 Å². The van der Waals surface area contributed by atoms with Gasteiger partial charge in [-0.1, -0.05) is 31.4 Å². The van der Waals surface area contributed by atoms with Gasteiger partial charge in [0.15, 0.2) is 0 Å². The minimum absolute atomic E-state index is 0.0549. The number of piperazine rings is 1.